The molecular formula is C32H26FeN8. The van der Waals surface area contributed by atoms with Gasteiger partial charge in [-0.25, -0.2) is 0 Å². The molecule has 4 unspecified atom stereocenters. The van der Waals surface area contributed by atoms with E-state index in [9.17, 15) is 0 Å². The summed E-state index contributed by atoms with van der Waals surface area (Å²) in [5.41, 5.74) is 4.76. The van der Waals surface area contributed by atoms with Crippen molar-refractivity contribution in [3.63, 3.8) is 0 Å². The molecule has 0 saturated heterocycles. The Morgan fingerprint density at radius 3 is 0.878 bits per heavy atom. The molecule has 8 bridgehead atoms. The molecule has 4 atom stereocenters. The SMILES string of the molecule is [Fe+2].c1ccc2c(c1)C1Nc3[n-]c(c4ccccc34)NC3NC(Nc4[n-]c(c5ccccc45)NC2N1)c1ccccc13. The van der Waals surface area contributed by atoms with E-state index in [0.717, 1.165) is 44.8 Å². The first-order valence-corrected chi connectivity index (χ1v) is 13.7. The van der Waals surface area contributed by atoms with Crippen LogP contribution in [0.2, 0.25) is 0 Å². The Morgan fingerprint density at radius 2 is 0.610 bits per heavy atom. The molecule has 202 valence electrons. The molecular weight excluding hydrogens is 552 g/mol. The normalized spacial score (nSPS) is 22.0. The zero-order valence-electron chi connectivity index (χ0n) is 21.8. The Balaban J connectivity index is 0.00000256. The van der Waals surface area contributed by atoms with Gasteiger partial charge in [0.25, 0.3) is 0 Å². The van der Waals surface area contributed by atoms with Crippen LogP contribution in [-0.4, -0.2) is 0 Å². The van der Waals surface area contributed by atoms with Crippen molar-refractivity contribution >= 4 is 44.8 Å². The second-order valence-electron chi connectivity index (χ2n) is 10.6. The van der Waals surface area contributed by atoms with E-state index in [-0.39, 0.29) is 41.7 Å². The van der Waals surface area contributed by atoms with Gasteiger partial charge in [-0.1, -0.05) is 97.1 Å². The van der Waals surface area contributed by atoms with Crippen molar-refractivity contribution in [1.82, 2.24) is 20.6 Å². The molecule has 0 saturated carbocycles. The van der Waals surface area contributed by atoms with Crippen molar-refractivity contribution in [2.45, 2.75) is 24.7 Å². The first kappa shape index (κ1) is 24.4. The van der Waals surface area contributed by atoms with Crippen molar-refractivity contribution < 1.29 is 17.1 Å². The summed E-state index contributed by atoms with van der Waals surface area (Å²) in [7, 11) is 0. The van der Waals surface area contributed by atoms with E-state index in [1.165, 1.54) is 22.3 Å². The molecule has 4 aromatic carbocycles. The maximum atomic E-state index is 5.10. The monoisotopic (exact) mass is 578 g/mol. The molecule has 6 N–H and O–H groups in total. The topological polar surface area (TPSA) is 100 Å². The van der Waals surface area contributed by atoms with Crippen molar-refractivity contribution in [2.24, 2.45) is 0 Å². The van der Waals surface area contributed by atoms with Gasteiger partial charge < -0.3 is 31.2 Å². The van der Waals surface area contributed by atoms with E-state index in [2.05, 4.69) is 129 Å². The van der Waals surface area contributed by atoms with Crippen LogP contribution < -0.4 is 41.9 Å². The minimum atomic E-state index is -0.124. The second-order valence-corrected chi connectivity index (χ2v) is 10.6. The number of benzene rings is 4. The van der Waals surface area contributed by atoms with Crippen LogP contribution in [-0.2, 0) is 17.1 Å². The van der Waals surface area contributed by atoms with Crippen LogP contribution >= 0.6 is 0 Å². The maximum absolute atomic E-state index is 5.10. The standard InChI is InChI=1S/C32H26N8.Fe/c1-2-10-18-17(9-1)25-33-26(18)38-28-21-13-5-6-14-22(21)30(35-28)40-32-24-16-8-7-15-23(24)31(36-32)39-29-20-12-4-3-11-19(20)27(34-29)37-25;/h1-16,25-26,31-33,36-40H;/q-2;+2. The van der Waals surface area contributed by atoms with Gasteiger partial charge in [-0.15, -0.1) is 0 Å². The zero-order valence-corrected chi connectivity index (χ0v) is 22.9. The van der Waals surface area contributed by atoms with Crippen LogP contribution in [0.15, 0.2) is 97.1 Å². The largest absolute Gasteiger partial charge is 2.00 e. The van der Waals surface area contributed by atoms with Crippen LogP contribution in [0.5, 0.6) is 0 Å². The Bertz CT molecular complexity index is 1660. The smallest absolute Gasteiger partial charge is 0.422 e. The Morgan fingerprint density at radius 1 is 0.366 bits per heavy atom. The summed E-state index contributed by atoms with van der Waals surface area (Å²) in [5, 5.41) is 26.7. The predicted molar refractivity (Wildman–Crippen MR) is 159 cm³/mol. The van der Waals surface area contributed by atoms with E-state index in [1.54, 1.807) is 0 Å². The molecule has 3 aliphatic heterocycles. The van der Waals surface area contributed by atoms with Crippen molar-refractivity contribution in [3.05, 3.63) is 119 Å². The summed E-state index contributed by atoms with van der Waals surface area (Å²) in [4.78, 5) is 10.2. The third-order valence-corrected chi connectivity index (χ3v) is 8.35. The number of nitrogens with zero attached hydrogens (tertiary/aromatic N) is 2. The van der Waals surface area contributed by atoms with E-state index in [0.29, 0.717) is 0 Å². The van der Waals surface area contributed by atoms with Crippen molar-refractivity contribution in [3.8, 4) is 0 Å². The van der Waals surface area contributed by atoms with Crippen LogP contribution in [0.4, 0.5) is 23.3 Å². The maximum Gasteiger partial charge on any atom is 2.00 e. The van der Waals surface area contributed by atoms with E-state index in [1.807, 2.05) is 0 Å². The Hall–Kier alpha value is -4.40. The quantitative estimate of drug-likeness (QED) is 0.125. The predicted octanol–water partition coefficient (Wildman–Crippen LogP) is 5.87. The van der Waals surface area contributed by atoms with Gasteiger partial charge in [0.05, 0.1) is 24.7 Å². The summed E-state index contributed by atoms with van der Waals surface area (Å²) in [6, 6.07) is 33.8. The van der Waals surface area contributed by atoms with Crippen LogP contribution in [0, 0.1) is 0 Å². The number of hydrogen-bond donors (Lipinski definition) is 6. The van der Waals surface area contributed by atoms with E-state index >= 15 is 0 Å². The molecule has 0 radical (unpaired) electrons. The fourth-order valence-corrected chi connectivity index (χ4v) is 6.49. The summed E-state index contributed by atoms with van der Waals surface area (Å²) in [5.74, 6) is 3.38. The molecule has 0 spiro atoms. The molecule has 2 aromatic heterocycles. The van der Waals surface area contributed by atoms with Gasteiger partial charge in [-0.2, -0.15) is 0 Å². The van der Waals surface area contributed by atoms with Gasteiger partial charge in [0.15, 0.2) is 0 Å². The third kappa shape index (κ3) is 3.74. The number of hydrogen-bond acceptors (Lipinski definition) is 6. The second kappa shape index (κ2) is 9.33. The first-order valence-electron chi connectivity index (χ1n) is 13.7. The third-order valence-electron chi connectivity index (χ3n) is 8.35. The first-order chi connectivity index (χ1) is 19.8. The molecule has 3 aliphatic rings. The van der Waals surface area contributed by atoms with Crippen LogP contribution in [0.1, 0.15) is 46.9 Å². The average Bonchev–Trinajstić information content (AvgIpc) is 3.73. The Labute approximate surface area is 247 Å². The minimum Gasteiger partial charge on any atom is -0.422 e. The minimum absolute atomic E-state index is 0. The van der Waals surface area contributed by atoms with E-state index < -0.39 is 0 Å². The number of anilines is 4. The summed E-state index contributed by atoms with van der Waals surface area (Å²) in [6.07, 6.45) is -0.495. The molecule has 6 aromatic rings. The van der Waals surface area contributed by atoms with Crippen molar-refractivity contribution in [1.29, 1.82) is 0 Å². The molecule has 8 nitrogen and oxygen atoms in total. The zero-order chi connectivity index (χ0) is 26.2. The summed E-state index contributed by atoms with van der Waals surface area (Å²) < 4.78 is 0. The van der Waals surface area contributed by atoms with Gasteiger partial charge in [0, 0.05) is 23.3 Å². The molecule has 41 heavy (non-hydrogen) atoms. The average molecular weight is 578 g/mol. The fraction of sp³-hybridized carbons (Fsp3) is 0.125. The number of aromatic nitrogens is 2. The van der Waals surface area contributed by atoms with Gasteiger partial charge in [-0.3, -0.25) is 10.6 Å². The van der Waals surface area contributed by atoms with Gasteiger partial charge >= 0.3 is 17.1 Å². The summed E-state index contributed by atoms with van der Waals surface area (Å²) in [6.45, 7) is 0. The van der Waals surface area contributed by atoms with E-state index in [4.69, 9.17) is 9.97 Å². The molecule has 9 heteroatoms. The number of nitrogens with one attached hydrogen (secondary N) is 6. The molecule has 0 fully saturated rings. The molecule has 9 rings (SSSR count). The van der Waals surface area contributed by atoms with Gasteiger partial charge in [0.2, 0.25) is 0 Å². The number of rotatable bonds is 0. The fourth-order valence-electron chi connectivity index (χ4n) is 6.49. The summed E-state index contributed by atoms with van der Waals surface area (Å²) >= 11 is 0. The molecule has 5 heterocycles. The van der Waals surface area contributed by atoms with Crippen LogP contribution in [0.25, 0.3) is 21.5 Å². The van der Waals surface area contributed by atoms with Crippen LogP contribution in [0.3, 0.4) is 0 Å². The molecule has 0 aliphatic carbocycles. The van der Waals surface area contributed by atoms with Gasteiger partial charge in [-0.05, 0) is 43.8 Å². The number of fused-ring (bicyclic) bond motifs is 20. The molecule has 0 amide bonds. The Kier molecular flexibility index (Phi) is 5.55. The van der Waals surface area contributed by atoms with Crippen molar-refractivity contribution in [2.75, 3.05) is 21.3 Å². The van der Waals surface area contributed by atoms with Gasteiger partial charge in [0.1, 0.15) is 0 Å².